The molecule has 1 aromatic heterocycles. The zero-order valence-electron chi connectivity index (χ0n) is 10.1. The highest BCUT2D eigenvalue weighted by Crippen LogP contribution is 2.07. The Morgan fingerprint density at radius 1 is 1.39 bits per heavy atom. The largest absolute Gasteiger partial charge is 0.380 e. The highest BCUT2D eigenvalue weighted by molar-refractivity contribution is 6.39. The number of nitrogens with one attached hydrogen (secondary N) is 1. The van der Waals surface area contributed by atoms with Crippen LogP contribution in [0.1, 0.15) is 12.2 Å². The molecule has 0 radical (unpaired) electrons. The van der Waals surface area contributed by atoms with Crippen LogP contribution in [0.15, 0.2) is 10.6 Å². The molecule has 1 N–H and O–H groups in total. The second-order valence-electron chi connectivity index (χ2n) is 4.04. The number of ether oxygens (including phenoxy) is 1. The van der Waals surface area contributed by atoms with Crippen molar-refractivity contribution >= 4 is 17.6 Å². The molecule has 1 aromatic rings. The molecule has 2 amide bonds. The van der Waals surface area contributed by atoms with Gasteiger partial charge in [-0.1, -0.05) is 5.16 Å². The highest BCUT2D eigenvalue weighted by Gasteiger charge is 2.23. The molecule has 0 aromatic carbocycles. The molecule has 0 bridgehead atoms. The van der Waals surface area contributed by atoms with E-state index in [0.717, 1.165) is 6.42 Å². The predicted molar refractivity (Wildman–Crippen MR) is 61.9 cm³/mol. The molecule has 1 saturated heterocycles. The third-order valence-corrected chi connectivity index (χ3v) is 2.57. The Labute approximate surface area is 104 Å². The van der Waals surface area contributed by atoms with Gasteiger partial charge in [0.1, 0.15) is 5.76 Å². The van der Waals surface area contributed by atoms with Gasteiger partial charge in [0.15, 0.2) is 5.82 Å². The number of hydrogen-bond acceptors (Lipinski definition) is 5. The molecular formula is C11H15N3O4. The van der Waals surface area contributed by atoms with Crippen molar-refractivity contribution in [2.24, 2.45) is 0 Å². The first-order valence-electron chi connectivity index (χ1n) is 5.78. The Balaban J connectivity index is 1.93. The second kappa shape index (κ2) is 5.63. The third kappa shape index (κ3) is 3.07. The molecule has 0 atom stereocenters. The van der Waals surface area contributed by atoms with Crippen molar-refractivity contribution in [1.82, 2.24) is 10.1 Å². The average molecular weight is 253 g/mol. The van der Waals surface area contributed by atoms with Crippen LogP contribution in [0.5, 0.6) is 0 Å². The first-order chi connectivity index (χ1) is 8.66. The minimum atomic E-state index is -0.704. The van der Waals surface area contributed by atoms with Gasteiger partial charge in [0.2, 0.25) is 0 Å². The van der Waals surface area contributed by atoms with Crippen molar-refractivity contribution in [3.8, 4) is 0 Å². The lowest BCUT2D eigenvalue weighted by molar-refractivity contribution is -0.143. The van der Waals surface area contributed by atoms with E-state index >= 15 is 0 Å². The Kier molecular flexibility index (Phi) is 3.93. The minimum Gasteiger partial charge on any atom is -0.380 e. The van der Waals surface area contributed by atoms with Crippen LogP contribution in [0, 0.1) is 6.92 Å². The van der Waals surface area contributed by atoms with Crippen molar-refractivity contribution in [2.45, 2.75) is 13.3 Å². The second-order valence-corrected chi connectivity index (χ2v) is 4.04. The molecule has 18 heavy (non-hydrogen) atoms. The monoisotopic (exact) mass is 253 g/mol. The number of hydrogen-bond donors (Lipinski definition) is 1. The summed E-state index contributed by atoms with van der Waals surface area (Å²) in [5, 5.41) is 6.00. The van der Waals surface area contributed by atoms with Crippen molar-refractivity contribution in [3.63, 3.8) is 0 Å². The number of aryl methyl sites for hydroxylation is 1. The van der Waals surface area contributed by atoms with Crippen LogP contribution < -0.4 is 5.32 Å². The molecule has 1 aliphatic heterocycles. The van der Waals surface area contributed by atoms with Gasteiger partial charge in [-0.05, 0) is 13.3 Å². The molecule has 98 valence electrons. The Bertz CT molecular complexity index is 435. The van der Waals surface area contributed by atoms with Crippen LogP contribution >= 0.6 is 0 Å². The van der Waals surface area contributed by atoms with Gasteiger partial charge in [-0.2, -0.15) is 0 Å². The van der Waals surface area contributed by atoms with Gasteiger partial charge in [-0.15, -0.1) is 0 Å². The maximum absolute atomic E-state index is 11.9. The van der Waals surface area contributed by atoms with Gasteiger partial charge in [0.25, 0.3) is 0 Å². The molecule has 7 nitrogen and oxygen atoms in total. The number of anilines is 1. The molecule has 1 aliphatic rings. The Morgan fingerprint density at radius 2 is 2.22 bits per heavy atom. The Hall–Kier alpha value is -1.89. The Morgan fingerprint density at radius 3 is 2.94 bits per heavy atom. The summed E-state index contributed by atoms with van der Waals surface area (Å²) in [6, 6.07) is 1.55. The van der Waals surface area contributed by atoms with Crippen molar-refractivity contribution in [3.05, 3.63) is 11.8 Å². The lowest BCUT2D eigenvalue weighted by Gasteiger charge is -2.18. The molecule has 0 spiro atoms. The molecule has 2 rings (SSSR count). The summed E-state index contributed by atoms with van der Waals surface area (Å²) in [5.41, 5.74) is 0. The van der Waals surface area contributed by atoms with Gasteiger partial charge in [0.05, 0.1) is 6.61 Å². The van der Waals surface area contributed by atoms with Crippen molar-refractivity contribution in [2.75, 3.05) is 31.6 Å². The van der Waals surface area contributed by atoms with Gasteiger partial charge < -0.3 is 14.2 Å². The fraction of sp³-hybridized carbons (Fsp3) is 0.545. The fourth-order valence-electron chi connectivity index (χ4n) is 1.69. The molecule has 0 aliphatic carbocycles. The SMILES string of the molecule is Cc1cc(NC(=O)C(=O)N2CCCOCC2)no1. The molecule has 1 fully saturated rings. The summed E-state index contributed by atoms with van der Waals surface area (Å²) in [6.07, 6.45) is 0.738. The zero-order valence-corrected chi connectivity index (χ0v) is 10.1. The maximum atomic E-state index is 11.9. The van der Waals surface area contributed by atoms with Crippen LogP contribution in [0.25, 0.3) is 0 Å². The van der Waals surface area contributed by atoms with E-state index in [1.807, 2.05) is 0 Å². The van der Waals surface area contributed by atoms with Gasteiger partial charge in [0, 0.05) is 25.8 Å². The van der Waals surface area contributed by atoms with E-state index in [2.05, 4.69) is 10.5 Å². The van der Waals surface area contributed by atoms with Gasteiger partial charge >= 0.3 is 11.8 Å². The lowest BCUT2D eigenvalue weighted by Crippen LogP contribution is -2.41. The number of aromatic nitrogens is 1. The van der Waals surface area contributed by atoms with Gasteiger partial charge in [-0.3, -0.25) is 14.9 Å². The molecule has 0 unspecified atom stereocenters. The summed E-state index contributed by atoms with van der Waals surface area (Å²) < 4.78 is 10.0. The molecular weight excluding hydrogens is 238 g/mol. The predicted octanol–water partition coefficient (Wildman–Crippen LogP) is 0.170. The minimum absolute atomic E-state index is 0.247. The smallest absolute Gasteiger partial charge is 0.315 e. The van der Waals surface area contributed by atoms with E-state index in [1.54, 1.807) is 13.0 Å². The lowest BCUT2D eigenvalue weighted by atomic mass is 10.3. The van der Waals surface area contributed by atoms with Crippen LogP contribution in [-0.4, -0.2) is 48.2 Å². The first kappa shape index (κ1) is 12.6. The average Bonchev–Trinajstić information content (AvgIpc) is 2.62. The van der Waals surface area contributed by atoms with Crippen LogP contribution in [0.3, 0.4) is 0 Å². The maximum Gasteiger partial charge on any atom is 0.315 e. The van der Waals surface area contributed by atoms with Crippen LogP contribution in [-0.2, 0) is 14.3 Å². The molecule has 2 heterocycles. The molecule has 0 saturated carbocycles. The number of carbonyl (C=O) groups excluding carboxylic acids is 2. The van der Waals surface area contributed by atoms with E-state index in [4.69, 9.17) is 9.26 Å². The standard InChI is InChI=1S/C11H15N3O4/c1-8-7-9(13-18-8)12-10(15)11(16)14-3-2-5-17-6-4-14/h7H,2-6H2,1H3,(H,12,13,15). The first-order valence-corrected chi connectivity index (χ1v) is 5.78. The van der Waals surface area contributed by atoms with Gasteiger partial charge in [-0.25, -0.2) is 0 Å². The summed E-state index contributed by atoms with van der Waals surface area (Å²) in [7, 11) is 0. The third-order valence-electron chi connectivity index (χ3n) is 2.57. The summed E-state index contributed by atoms with van der Waals surface area (Å²) in [5.74, 6) is -0.454. The summed E-state index contributed by atoms with van der Waals surface area (Å²) in [4.78, 5) is 25.1. The molecule has 7 heteroatoms. The van der Waals surface area contributed by atoms with E-state index in [9.17, 15) is 9.59 Å². The van der Waals surface area contributed by atoms with Crippen molar-refractivity contribution < 1.29 is 18.8 Å². The summed E-state index contributed by atoms with van der Waals surface area (Å²) in [6.45, 7) is 3.75. The quantitative estimate of drug-likeness (QED) is 0.721. The fourth-order valence-corrected chi connectivity index (χ4v) is 1.69. The number of nitrogens with zero attached hydrogens (tertiary/aromatic N) is 2. The van der Waals surface area contributed by atoms with E-state index in [-0.39, 0.29) is 5.82 Å². The van der Waals surface area contributed by atoms with Crippen molar-refractivity contribution in [1.29, 1.82) is 0 Å². The van der Waals surface area contributed by atoms with E-state index in [1.165, 1.54) is 4.90 Å². The van der Waals surface area contributed by atoms with E-state index in [0.29, 0.717) is 32.1 Å². The number of amides is 2. The highest BCUT2D eigenvalue weighted by atomic mass is 16.5. The van der Waals surface area contributed by atoms with E-state index < -0.39 is 11.8 Å². The number of carbonyl (C=O) groups is 2. The normalized spacial score (nSPS) is 16.2. The van der Waals surface area contributed by atoms with Crippen LogP contribution in [0.4, 0.5) is 5.82 Å². The number of rotatable bonds is 1. The summed E-state index contributed by atoms with van der Waals surface area (Å²) >= 11 is 0. The topological polar surface area (TPSA) is 84.7 Å². The zero-order chi connectivity index (χ0) is 13.0. The van der Waals surface area contributed by atoms with Crippen LogP contribution in [0.2, 0.25) is 0 Å².